The van der Waals surface area contributed by atoms with Crippen molar-refractivity contribution in [2.75, 3.05) is 18.9 Å². The smallest absolute Gasteiger partial charge is 0.251 e. The average Bonchev–Trinajstić information content (AvgIpc) is 2.56. The first-order valence-electron chi connectivity index (χ1n) is 7.15. The van der Waals surface area contributed by atoms with Gasteiger partial charge in [0.2, 0.25) is 0 Å². The highest BCUT2D eigenvalue weighted by atomic mass is 32.2. The zero-order valence-electron chi connectivity index (χ0n) is 12.5. The topological polar surface area (TPSA) is 55.4 Å². The van der Waals surface area contributed by atoms with Crippen LogP contribution in [-0.4, -0.2) is 29.0 Å². The fraction of sp³-hybridized carbons (Fsp3) is 0.235. The van der Waals surface area contributed by atoms with Crippen LogP contribution in [0.25, 0.3) is 0 Å². The Kier molecular flexibility index (Phi) is 6.15. The largest absolute Gasteiger partial charge is 0.494 e. The summed E-state index contributed by atoms with van der Waals surface area (Å²) in [5, 5.41) is 2.78. The van der Waals surface area contributed by atoms with Crippen molar-refractivity contribution in [1.29, 1.82) is 0 Å². The second-order valence-electron chi connectivity index (χ2n) is 4.58. The highest BCUT2D eigenvalue weighted by Crippen LogP contribution is 2.13. The number of ether oxygens (including phenoxy) is 1. The van der Waals surface area contributed by atoms with E-state index in [4.69, 9.17) is 4.74 Å². The number of rotatable bonds is 7. The number of amides is 1. The lowest BCUT2D eigenvalue weighted by molar-refractivity contribution is 0.0955. The normalized spacial score (nSPS) is 11.7. The maximum Gasteiger partial charge on any atom is 0.251 e. The highest BCUT2D eigenvalue weighted by molar-refractivity contribution is 7.85. The van der Waals surface area contributed by atoms with Gasteiger partial charge in [0.1, 0.15) is 5.75 Å². The Balaban J connectivity index is 1.85. The highest BCUT2D eigenvalue weighted by Gasteiger charge is 2.08. The van der Waals surface area contributed by atoms with Gasteiger partial charge in [-0.05, 0) is 37.3 Å². The minimum absolute atomic E-state index is 0.188. The third-order valence-corrected chi connectivity index (χ3v) is 4.36. The van der Waals surface area contributed by atoms with E-state index < -0.39 is 10.8 Å². The molecule has 0 bridgehead atoms. The second-order valence-corrected chi connectivity index (χ2v) is 6.15. The van der Waals surface area contributed by atoms with Crippen LogP contribution in [0.2, 0.25) is 0 Å². The van der Waals surface area contributed by atoms with E-state index in [2.05, 4.69) is 5.32 Å². The van der Waals surface area contributed by atoms with E-state index in [1.165, 1.54) is 0 Å². The van der Waals surface area contributed by atoms with Gasteiger partial charge < -0.3 is 10.1 Å². The van der Waals surface area contributed by atoms with Gasteiger partial charge in [0.15, 0.2) is 0 Å². The predicted octanol–water partition coefficient (Wildman–Crippen LogP) is 2.62. The molecule has 0 fully saturated rings. The van der Waals surface area contributed by atoms with E-state index in [-0.39, 0.29) is 5.91 Å². The van der Waals surface area contributed by atoms with Gasteiger partial charge in [-0.25, -0.2) is 0 Å². The zero-order valence-corrected chi connectivity index (χ0v) is 13.3. The number of hydrogen-bond donors (Lipinski definition) is 1. The number of benzene rings is 2. The van der Waals surface area contributed by atoms with E-state index in [0.717, 1.165) is 4.90 Å². The SMILES string of the molecule is CCOc1cccc(C(=O)NCCS(=O)c2ccccc2)c1. The molecule has 0 radical (unpaired) electrons. The van der Waals surface area contributed by atoms with E-state index in [1.54, 1.807) is 18.2 Å². The number of carbonyl (C=O) groups excluding carboxylic acids is 1. The van der Waals surface area contributed by atoms with Gasteiger partial charge in [-0.2, -0.15) is 0 Å². The summed E-state index contributed by atoms with van der Waals surface area (Å²) in [5.74, 6) is 0.871. The van der Waals surface area contributed by atoms with Gasteiger partial charge in [-0.15, -0.1) is 0 Å². The van der Waals surface area contributed by atoms with Crippen LogP contribution >= 0.6 is 0 Å². The summed E-state index contributed by atoms with van der Waals surface area (Å²) in [4.78, 5) is 12.8. The van der Waals surface area contributed by atoms with Gasteiger partial charge in [0.25, 0.3) is 5.91 Å². The molecule has 1 amide bonds. The van der Waals surface area contributed by atoms with Crippen LogP contribution in [-0.2, 0) is 10.8 Å². The average molecular weight is 317 g/mol. The minimum Gasteiger partial charge on any atom is -0.494 e. The summed E-state index contributed by atoms with van der Waals surface area (Å²) in [7, 11) is -1.10. The molecule has 2 rings (SSSR count). The van der Waals surface area contributed by atoms with Crippen LogP contribution in [0.5, 0.6) is 5.75 Å². The van der Waals surface area contributed by atoms with Crippen molar-refractivity contribution in [2.24, 2.45) is 0 Å². The third-order valence-electron chi connectivity index (χ3n) is 2.99. The summed E-state index contributed by atoms with van der Waals surface area (Å²) in [5.41, 5.74) is 0.538. The maximum absolute atomic E-state index is 12.1. The molecule has 0 aromatic heterocycles. The van der Waals surface area contributed by atoms with Crippen molar-refractivity contribution in [3.05, 3.63) is 60.2 Å². The van der Waals surface area contributed by atoms with Crippen LogP contribution < -0.4 is 10.1 Å². The first kappa shape index (κ1) is 16.2. The van der Waals surface area contributed by atoms with Gasteiger partial charge in [-0.1, -0.05) is 24.3 Å². The van der Waals surface area contributed by atoms with Crippen molar-refractivity contribution in [3.8, 4) is 5.75 Å². The quantitative estimate of drug-likeness (QED) is 0.854. The van der Waals surface area contributed by atoms with E-state index >= 15 is 0 Å². The first-order valence-corrected chi connectivity index (χ1v) is 8.47. The molecule has 0 spiro atoms. The van der Waals surface area contributed by atoms with Crippen molar-refractivity contribution in [2.45, 2.75) is 11.8 Å². The summed E-state index contributed by atoms with van der Waals surface area (Å²) in [6, 6.07) is 16.3. The molecule has 0 saturated carbocycles. The number of carbonyl (C=O) groups is 1. The summed E-state index contributed by atoms with van der Waals surface area (Å²) >= 11 is 0. The Bertz CT molecular complexity index is 643. The van der Waals surface area contributed by atoms with Gasteiger partial charge in [0, 0.05) is 22.8 Å². The van der Waals surface area contributed by atoms with Gasteiger partial charge >= 0.3 is 0 Å². The Morgan fingerprint density at radius 2 is 1.91 bits per heavy atom. The van der Waals surface area contributed by atoms with Crippen molar-refractivity contribution in [1.82, 2.24) is 5.32 Å². The van der Waals surface area contributed by atoms with Crippen molar-refractivity contribution < 1.29 is 13.7 Å². The Morgan fingerprint density at radius 3 is 2.64 bits per heavy atom. The molecule has 22 heavy (non-hydrogen) atoms. The van der Waals surface area contributed by atoms with Crippen LogP contribution in [0.15, 0.2) is 59.5 Å². The molecule has 1 atom stereocenters. The summed E-state index contributed by atoms with van der Waals surface area (Å²) < 4.78 is 17.4. The molecule has 0 saturated heterocycles. The first-order chi connectivity index (χ1) is 10.7. The second kappa shape index (κ2) is 8.34. The lowest BCUT2D eigenvalue weighted by atomic mass is 10.2. The lowest BCUT2D eigenvalue weighted by Gasteiger charge is -2.07. The number of nitrogens with one attached hydrogen (secondary N) is 1. The maximum atomic E-state index is 12.1. The fourth-order valence-electron chi connectivity index (χ4n) is 1.94. The molecular formula is C17H19NO3S. The van der Waals surface area contributed by atoms with Crippen LogP contribution in [0, 0.1) is 0 Å². The molecular weight excluding hydrogens is 298 g/mol. The Hall–Kier alpha value is -2.14. The van der Waals surface area contributed by atoms with E-state index in [0.29, 0.717) is 30.2 Å². The Labute approximate surface area is 133 Å². The summed E-state index contributed by atoms with van der Waals surface area (Å²) in [6.45, 7) is 2.81. The molecule has 1 N–H and O–H groups in total. The third kappa shape index (κ3) is 4.70. The summed E-state index contributed by atoms with van der Waals surface area (Å²) in [6.07, 6.45) is 0. The lowest BCUT2D eigenvalue weighted by Crippen LogP contribution is -2.27. The van der Waals surface area contributed by atoms with E-state index in [9.17, 15) is 9.00 Å². The fourth-order valence-corrected chi connectivity index (χ4v) is 2.93. The number of hydrogen-bond acceptors (Lipinski definition) is 3. The molecule has 5 heteroatoms. The Morgan fingerprint density at radius 1 is 1.14 bits per heavy atom. The predicted molar refractivity (Wildman–Crippen MR) is 87.7 cm³/mol. The van der Waals surface area contributed by atoms with E-state index in [1.807, 2.05) is 43.3 Å². The van der Waals surface area contributed by atoms with Crippen LogP contribution in [0.1, 0.15) is 17.3 Å². The molecule has 116 valence electrons. The monoisotopic (exact) mass is 317 g/mol. The molecule has 2 aromatic rings. The molecule has 0 aliphatic carbocycles. The van der Waals surface area contributed by atoms with Crippen LogP contribution in [0.3, 0.4) is 0 Å². The standard InChI is InChI=1S/C17H19NO3S/c1-2-21-15-8-6-7-14(13-15)17(19)18-11-12-22(20)16-9-4-3-5-10-16/h3-10,13H,2,11-12H2,1H3,(H,18,19). The van der Waals surface area contributed by atoms with Gasteiger partial charge in [-0.3, -0.25) is 9.00 Å². The molecule has 0 heterocycles. The molecule has 0 aliphatic heterocycles. The zero-order chi connectivity index (χ0) is 15.8. The minimum atomic E-state index is -1.10. The van der Waals surface area contributed by atoms with Gasteiger partial charge in [0.05, 0.1) is 17.4 Å². The molecule has 2 aromatic carbocycles. The molecule has 1 unspecified atom stereocenters. The van der Waals surface area contributed by atoms with Crippen molar-refractivity contribution in [3.63, 3.8) is 0 Å². The van der Waals surface area contributed by atoms with Crippen LogP contribution in [0.4, 0.5) is 0 Å². The molecule has 0 aliphatic rings. The van der Waals surface area contributed by atoms with Crippen molar-refractivity contribution >= 4 is 16.7 Å². The molecule has 4 nitrogen and oxygen atoms in total.